The first-order valence-electron chi connectivity index (χ1n) is 7.63. The van der Waals surface area contributed by atoms with Gasteiger partial charge >= 0.3 is 5.97 Å². The molecule has 6 heteroatoms. The smallest absolute Gasteiger partial charge is 0.355 e. The summed E-state index contributed by atoms with van der Waals surface area (Å²) in [4.78, 5) is 15.1. The molecule has 0 bridgehead atoms. The lowest BCUT2D eigenvalue weighted by Crippen LogP contribution is -2.00. The van der Waals surface area contributed by atoms with E-state index < -0.39 is 5.97 Å². The molecule has 0 aliphatic carbocycles. The van der Waals surface area contributed by atoms with E-state index in [1.165, 1.54) is 16.7 Å². The molecule has 0 fully saturated rings. The zero-order valence-corrected chi connectivity index (χ0v) is 14.7. The van der Waals surface area contributed by atoms with Gasteiger partial charge in [-0.3, -0.25) is 0 Å². The van der Waals surface area contributed by atoms with E-state index in [9.17, 15) is 4.79 Å². The number of aryl methyl sites for hydroxylation is 1. The Hall–Kier alpha value is -2.86. The van der Waals surface area contributed by atoms with Crippen molar-refractivity contribution in [1.82, 2.24) is 4.98 Å². The number of thiazole rings is 1. The summed E-state index contributed by atoms with van der Waals surface area (Å²) in [6.45, 7) is 2.46. The fraction of sp³-hybridized carbons (Fsp3) is 0.158. The van der Waals surface area contributed by atoms with Crippen molar-refractivity contribution in [3.63, 3.8) is 0 Å². The summed E-state index contributed by atoms with van der Waals surface area (Å²) in [6.07, 6.45) is 0. The van der Waals surface area contributed by atoms with Gasteiger partial charge in [-0.1, -0.05) is 24.3 Å². The summed E-state index contributed by atoms with van der Waals surface area (Å²) < 4.78 is 11.3. The van der Waals surface area contributed by atoms with Gasteiger partial charge in [0.15, 0.2) is 17.2 Å². The molecule has 2 aromatic carbocycles. The molecule has 5 nitrogen and oxygen atoms in total. The highest BCUT2D eigenvalue weighted by Crippen LogP contribution is 2.34. The van der Waals surface area contributed by atoms with Gasteiger partial charge in [-0.2, -0.15) is 0 Å². The van der Waals surface area contributed by atoms with Crippen molar-refractivity contribution < 1.29 is 19.4 Å². The van der Waals surface area contributed by atoms with Crippen molar-refractivity contribution in [1.29, 1.82) is 0 Å². The molecule has 25 heavy (non-hydrogen) atoms. The van der Waals surface area contributed by atoms with Crippen molar-refractivity contribution in [2.24, 2.45) is 0 Å². The van der Waals surface area contributed by atoms with Crippen molar-refractivity contribution in [3.8, 4) is 22.1 Å². The van der Waals surface area contributed by atoms with Crippen LogP contribution in [0.2, 0.25) is 0 Å². The molecule has 1 N–H and O–H groups in total. The topological polar surface area (TPSA) is 68.7 Å². The molecule has 0 spiro atoms. The van der Waals surface area contributed by atoms with Crippen molar-refractivity contribution in [2.75, 3.05) is 7.11 Å². The van der Waals surface area contributed by atoms with Gasteiger partial charge in [0.1, 0.15) is 11.6 Å². The number of rotatable bonds is 6. The maximum Gasteiger partial charge on any atom is 0.355 e. The molecule has 0 amide bonds. The number of hydrogen-bond donors (Lipinski definition) is 1. The Labute approximate surface area is 149 Å². The molecule has 0 saturated heterocycles. The van der Waals surface area contributed by atoms with Crippen LogP contribution in [0.4, 0.5) is 0 Å². The third-order valence-electron chi connectivity index (χ3n) is 3.78. The lowest BCUT2D eigenvalue weighted by Gasteiger charge is -2.13. The average Bonchev–Trinajstić information content (AvgIpc) is 3.11. The van der Waals surface area contributed by atoms with E-state index in [2.05, 4.69) is 4.98 Å². The zero-order chi connectivity index (χ0) is 17.8. The standard InChI is InChI=1S/C19H17NO4S/c1-12-5-3-4-6-14(12)10-24-17-9-13(7-8-16(17)23-2)18-20-15(11-25-18)19(21)22/h3-9,11H,10H2,1-2H3,(H,21,22). The van der Waals surface area contributed by atoms with Gasteiger partial charge in [0, 0.05) is 10.9 Å². The van der Waals surface area contributed by atoms with Crippen LogP contribution in [-0.2, 0) is 6.61 Å². The van der Waals surface area contributed by atoms with Crippen LogP contribution in [0.25, 0.3) is 10.6 Å². The van der Waals surface area contributed by atoms with Crippen LogP contribution in [0.1, 0.15) is 21.6 Å². The Morgan fingerprint density at radius 2 is 2.00 bits per heavy atom. The number of nitrogens with zero attached hydrogens (tertiary/aromatic N) is 1. The molecular weight excluding hydrogens is 338 g/mol. The first-order chi connectivity index (χ1) is 12.1. The van der Waals surface area contributed by atoms with Gasteiger partial charge in [0.2, 0.25) is 0 Å². The zero-order valence-electron chi connectivity index (χ0n) is 13.9. The third-order valence-corrected chi connectivity index (χ3v) is 4.67. The fourth-order valence-corrected chi connectivity index (χ4v) is 3.15. The van der Waals surface area contributed by atoms with Gasteiger partial charge in [0.05, 0.1) is 7.11 Å². The second kappa shape index (κ2) is 7.36. The SMILES string of the molecule is COc1ccc(-c2nc(C(=O)O)cs2)cc1OCc1ccccc1C. The van der Waals surface area contributed by atoms with Crippen molar-refractivity contribution in [2.45, 2.75) is 13.5 Å². The van der Waals surface area contributed by atoms with Crippen LogP contribution in [0.15, 0.2) is 47.8 Å². The van der Waals surface area contributed by atoms with E-state index in [4.69, 9.17) is 14.6 Å². The molecule has 128 valence electrons. The second-order valence-corrected chi connectivity index (χ2v) is 6.28. The van der Waals surface area contributed by atoms with Gasteiger partial charge < -0.3 is 14.6 Å². The summed E-state index contributed by atoms with van der Waals surface area (Å²) in [5, 5.41) is 11.2. The van der Waals surface area contributed by atoms with Crippen LogP contribution in [-0.4, -0.2) is 23.2 Å². The molecule has 0 saturated carbocycles. The van der Waals surface area contributed by atoms with Crippen LogP contribution >= 0.6 is 11.3 Å². The first-order valence-corrected chi connectivity index (χ1v) is 8.51. The van der Waals surface area contributed by atoms with E-state index in [-0.39, 0.29) is 5.69 Å². The fourth-order valence-electron chi connectivity index (χ4n) is 2.35. The summed E-state index contributed by atoms with van der Waals surface area (Å²) >= 11 is 1.28. The van der Waals surface area contributed by atoms with Crippen LogP contribution < -0.4 is 9.47 Å². The average molecular weight is 355 g/mol. The highest BCUT2D eigenvalue weighted by atomic mass is 32.1. The molecule has 3 rings (SSSR count). The number of aromatic nitrogens is 1. The van der Waals surface area contributed by atoms with E-state index in [0.29, 0.717) is 23.1 Å². The van der Waals surface area contributed by atoms with Gasteiger partial charge in [-0.25, -0.2) is 9.78 Å². The number of methoxy groups -OCH3 is 1. The minimum absolute atomic E-state index is 0.0400. The minimum Gasteiger partial charge on any atom is -0.493 e. The molecule has 0 atom stereocenters. The molecular formula is C19H17NO4S. The molecule has 0 aliphatic rings. The van der Waals surface area contributed by atoms with Crippen LogP contribution in [0.3, 0.4) is 0 Å². The lowest BCUT2D eigenvalue weighted by atomic mass is 10.1. The highest BCUT2D eigenvalue weighted by Gasteiger charge is 2.13. The summed E-state index contributed by atoms with van der Waals surface area (Å²) in [7, 11) is 1.58. The largest absolute Gasteiger partial charge is 0.493 e. The molecule has 3 aromatic rings. The summed E-state index contributed by atoms with van der Waals surface area (Å²) in [5.41, 5.74) is 3.08. The predicted molar refractivity (Wildman–Crippen MR) is 96.6 cm³/mol. The number of hydrogen-bond acceptors (Lipinski definition) is 5. The second-order valence-electron chi connectivity index (χ2n) is 5.42. The molecule has 1 aromatic heterocycles. The maximum atomic E-state index is 11.0. The summed E-state index contributed by atoms with van der Waals surface area (Å²) in [6, 6.07) is 13.5. The maximum absolute atomic E-state index is 11.0. The molecule has 1 heterocycles. The highest BCUT2D eigenvalue weighted by molar-refractivity contribution is 7.13. The van der Waals surface area contributed by atoms with Gasteiger partial charge in [-0.15, -0.1) is 11.3 Å². The Morgan fingerprint density at radius 3 is 2.68 bits per heavy atom. The number of aromatic carboxylic acids is 1. The number of ether oxygens (including phenoxy) is 2. The summed E-state index contributed by atoms with van der Waals surface area (Å²) in [5.74, 6) is 0.176. The van der Waals surface area contributed by atoms with Gasteiger partial charge in [-0.05, 0) is 36.2 Å². The Kier molecular flexibility index (Phi) is 5.00. The lowest BCUT2D eigenvalue weighted by molar-refractivity contribution is 0.0691. The number of benzene rings is 2. The number of carboxylic acids is 1. The van der Waals surface area contributed by atoms with E-state index in [1.54, 1.807) is 13.2 Å². The number of carboxylic acid groups (broad SMARTS) is 1. The quantitative estimate of drug-likeness (QED) is 0.709. The van der Waals surface area contributed by atoms with Crippen molar-refractivity contribution in [3.05, 3.63) is 64.7 Å². The minimum atomic E-state index is -1.04. The molecule has 0 radical (unpaired) electrons. The Balaban J connectivity index is 1.87. The molecule has 0 aliphatic heterocycles. The normalized spacial score (nSPS) is 10.5. The van der Waals surface area contributed by atoms with E-state index in [0.717, 1.165) is 16.7 Å². The first kappa shape index (κ1) is 17.0. The Bertz CT molecular complexity index is 904. The van der Waals surface area contributed by atoms with Crippen LogP contribution in [0.5, 0.6) is 11.5 Å². The monoisotopic (exact) mass is 355 g/mol. The van der Waals surface area contributed by atoms with Crippen molar-refractivity contribution >= 4 is 17.3 Å². The van der Waals surface area contributed by atoms with Crippen LogP contribution in [0, 0.1) is 6.92 Å². The van der Waals surface area contributed by atoms with Gasteiger partial charge in [0.25, 0.3) is 0 Å². The number of carbonyl (C=O) groups is 1. The molecule has 0 unspecified atom stereocenters. The predicted octanol–water partition coefficient (Wildman–Crippen LogP) is 4.40. The Morgan fingerprint density at radius 1 is 1.20 bits per heavy atom. The van der Waals surface area contributed by atoms with E-state index in [1.807, 2.05) is 43.3 Å². The van der Waals surface area contributed by atoms with E-state index >= 15 is 0 Å². The third kappa shape index (κ3) is 3.80.